The van der Waals surface area contributed by atoms with Crippen LogP contribution in [-0.2, 0) is 14.8 Å². The largest absolute Gasteiger partial charge is 0.272 e. The van der Waals surface area contributed by atoms with E-state index >= 15 is 0 Å². The lowest BCUT2D eigenvalue weighted by Crippen LogP contribution is -2.72. The van der Waals surface area contributed by atoms with Crippen LogP contribution in [0.15, 0.2) is 0 Å². The van der Waals surface area contributed by atoms with E-state index in [9.17, 15) is 13.2 Å². The molecule has 78 valence electrons. The molecule has 0 aromatic heterocycles. The highest BCUT2D eigenvalue weighted by Gasteiger charge is 2.64. The predicted molar refractivity (Wildman–Crippen MR) is 49.5 cm³/mol. The normalized spacial score (nSPS) is 23.9. The number of amides is 1. The van der Waals surface area contributed by atoms with Crippen molar-refractivity contribution in [2.24, 2.45) is 0 Å². The van der Waals surface area contributed by atoms with Crippen LogP contribution >= 0.6 is 0 Å². The van der Waals surface area contributed by atoms with Gasteiger partial charge in [0.1, 0.15) is 5.54 Å². The predicted octanol–water partition coefficient (Wildman–Crippen LogP) is 0.239. The average Bonchev–Trinajstić information content (AvgIpc) is 2.03. The first kappa shape index (κ1) is 11.0. The molecular formula is C8H12N2O3S. The Labute approximate surface area is 83.4 Å². The molecule has 1 heterocycles. The van der Waals surface area contributed by atoms with Gasteiger partial charge in [0.2, 0.25) is 0 Å². The fourth-order valence-corrected chi connectivity index (χ4v) is 2.98. The van der Waals surface area contributed by atoms with E-state index in [1.807, 2.05) is 0 Å². The zero-order valence-electron chi connectivity index (χ0n) is 8.53. The molecule has 0 aromatic carbocycles. The lowest BCUT2D eigenvalue weighted by Gasteiger charge is -2.48. The zero-order chi connectivity index (χ0) is 11.4. The van der Waals surface area contributed by atoms with Crippen LogP contribution in [0.4, 0.5) is 0 Å². The van der Waals surface area contributed by atoms with Gasteiger partial charge in [-0.1, -0.05) is 0 Å². The molecule has 14 heavy (non-hydrogen) atoms. The molecule has 6 heteroatoms. The summed E-state index contributed by atoms with van der Waals surface area (Å²) in [6.07, 6.45) is 0. The topological polar surface area (TPSA) is 78.2 Å². The minimum atomic E-state index is -3.66. The Balaban J connectivity index is 3.25. The Kier molecular flexibility index (Phi) is 1.95. The molecule has 1 saturated heterocycles. The van der Waals surface area contributed by atoms with Gasteiger partial charge >= 0.3 is 0 Å². The quantitative estimate of drug-likeness (QED) is 0.629. The molecule has 1 aliphatic heterocycles. The summed E-state index contributed by atoms with van der Waals surface area (Å²) < 4.78 is 22.5. The minimum Gasteiger partial charge on any atom is -0.272 e. The van der Waals surface area contributed by atoms with Crippen molar-refractivity contribution in [2.45, 2.75) is 38.0 Å². The van der Waals surface area contributed by atoms with Crippen LogP contribution in [0, 0.1) is 11.3 Å². The lowest BCUT2D eigenvalue weighted by molar-refractivity contribution is -0.134. The minimum absolute atomic E-state index is 0.524. The first-order valence-electron chi connectivity index (χ1n) is 4.09. The van der Waals surface area contributed by atoms with Crippen LogP contribution in [0.5, 0.6) is 0 Å². The molecule has 0 bridgehead atoms. The average molecular weight is 216 g/mol. The summed E-state index contributed by atoms with van der Waals surface area (Å²) in [5.74, 6) is -0.524. The van der Waals surface area contributed by atoms with Crippen molar-refractivity contribution >= 4 is 15.9 Å². The molecule has 0 aromatic rings. The van der Waals surface area contributed by atoms with E-state index in [2.05, 4.69) is 0 Å². The molecule has 0 aliphatic carbocycles. The van der Waals surface area contributed by atoms with Crippen LogP contribution in [0.25, 0.3) is 0 Å². The summed E-state index contributed by atoms with van der Waals surface area (Å²) in [6, 6.07) is 1.79. The molecule has 0 saturated carbocycles. The van der Waals surface area contributed by atoms with Gasteiger partial charge in [0, 0.05) is 0 Å². The first-order chi connectivity index (χ1) is 6.09. The smallest absolute Gasteiger partial charge is 0.260 e. The van der Waals surface area contributed by atoms with Gasteiger partial charge in [-0.2, -0.15) is 5.26 Å². The van der Waals surface area contributed by atoms with Gasteiger partial charge in [-0.05, 0) is 27.7 Å². The third-order valence-corrected chi connectivity index (χ3v) is 4.93. The summed E-state index contributed by atoms with van der Waals surface area (Å²) in [4.78, 5) is 11.5. The van der Waals surface area contributed by atoms with Crippen LogP contribution in [0.3, 0.4) is 0 Å². The number of nitrogens with zero attached hydrogens (tertiary/aromatic N) is 2. The van der Waals surface area contributed by atoms with Crippen LogP contribution < -0.4 is 0 Å². The van der Waals surface area contributed by atoms with E-state index in [1.165, 1.54) is 27.7 Å². The third-order valence-electron chi connectivity index (χ3n) is 2.37. The van der Waals surface area contributed by atoms with Crippen molar-refractivity contribution in [1.82, 2.24) is 4.31 Å². The summed E-state index contributed by atoms with van der Waals surface area (Å²) in [7, 11) is -3.66. The second-order valence-electron chi connectivity index (χ2n) is 4.26. The van der Waals surface area contributed by atoms with E-state index in [0.717, 1.165) is 0 Å². The van der Waals surface area contributed by atoms with Crippen molar-refractivity contribution in [3.05, 3.63) is 0 Å². The molecule has 0 spiro atoms. The Morgan fingerprint density at radius 1 is 1.43 bits per heavy atom. The van der Waals surface area contributed by atoms with E-state index in [4.69, 9.17) is 5.26 Å². The molecule has 0 N–H and O–H groups in total. The SMILES string of the molecule is CC(C)(C#N)N1C(=O)C(C)(C)S1(=O)=O. The highest BCUT2D eigenvalue weighted by molar-refractivity contribution is 7.94. The lowest BCUT2D eigenvalue weighted by atomic mass is 10.1. The molecule has 0 unspecified atom stereocenters. The molecule has 5 nitrogen and oxygen atoms in total. The van der Waals surface area contributed by atoms with Crippen LogP contribution in [0.1, 0.15) is 27.7 Å². The van der Waals surface area contributed by atoms with Gasteiger partial charge in [-0.25, -0.2) is 12.7 Å². The summed E-state index contributed by atoms with van der Waals surface area (Å²) in [5.41, 5.74) is -1.30. The fraction of sp³-hybridized carbons (Fsp3) is 0.750. The number of rotatable bonds is 1. The van der Waals surface area contributed by atoms with E-state index < -0.39 is 26.2 Å². The number of nitriles is 1. The van der Waals surface area contributed by atoms with Gasteiger partial charge in [-0.3, -0.25) is 4.79 Å². The maximum Gasteiger partial charge on any atom is 0.260 e. The third kappa shape index (κ3) is 0.989. The summed E-state index contributed by atoms with van der Waals surface area (Å²) >= 11 is 0. The monoisotopic (exact) mass is 216 g/mol. The molecule has 0 atom stereocenters. The number of carbonyl (C=O) groups excluding carboxylic acids is 1. The standard InChI is InChI=1S/C8H12N2O3S/c1-7(2,5-9)10-6(11)8(3,4)14(10,12)13/h1-4H3. The summed E-state index contributed by atoms with van der Waals surface area (Å²) in [5, 5.41) is 8.74. The Morgan fingerprint density at radius 2 is 1.86 bits per heavy atom. The van der Waals surface area contributed by atoms with Crippen molar-refractivity contribution in [2.75, 3.05) is 0 Å². The van der Waals surface area contributed by atoms with E-state index in [-0.39, 0.29) is 0 Å². The van der Waals surface area contributed by atoms with Gasteiger partial charge in [0.25, 0.3) is 15.9 Å². The Bertz CT molecular complexity index is 428. The Hall–Kier alpha value is -1.09. The van der Waals surface area contributed by atoms with Crippen molar-refractivity contribution < 1.29 is 13.2 Å². The number of hydrogen-bond donors (Lipinski definition) is 0. The molecular weight excluding hydrogens is 204 g/mol. The maximum absolute atomic E-state index is 11.6. The van der Waals surface area contributed by atoms with Crippen molar-refractivity contribution in [1.29, 1.82) is 5.26 Å². The van der Waals surface area contributed by atoms with Gasteiger partial charge < -0.3 is 0 Å². The second kappa shape index (κ2) is 2.48. The van der Waals surface area contributed by atoms with E-state index in [1.54, 1.807) is 6.07 Å². The van der Waals surface area contributed by atoms with Gasteiger partial charge in [0.15, 0.2) is 4.75 Å². The molecule has 1 fully saturated rings. The maximum atomic E-state index is 11.6. The summed E-state index contributed by atoms with van der Waals surface area (Å²) in [6.45, 7) is 5.48. The fourth-order valence-electron chi connectivity index (χ4n) is 1.25. The van der Waals surface area contributed by atoms with Crippen molar-refractivity contribution in [3.8, 4) is 6.07 Å². The molecule has 0 radical (unpaired) electrons. The van der Waals surface area contributed by atoms with Gasteiger partial charge in [0.05, 0.1) is 6.07 Å². The first-order valence-corrected chi connectivity index (χ1v) is 5.54. The van der Waals surface area contributed by atoms with E-state index in [0.29, 0.717) is 4.31 Å². The molecule has 1 aliphatic rings. The number of carbonyl (C=O) groups is 1. The Morgan fingerprint density at radius 3 is 2.14 bits per heavy atom. The number of hydrogen-bond acceptors (Lipinski definition) is 4. The van der Waals surface area contributed by atoms with Gasteiger partial charge in [-0.15, -0.1) is 0 Å². The van der Waals surface area contributed by atoms with Crippen LogP contribution in [0.2, 0.25) is 0 Å². The zero-order valence-corrected chi connectivity index (χ0v) is 9.34. The molecule has 1 rings (SSSR count). The van der Waals surface area contributed by atoms with Crippen LogP contribution in [-0.4, -0.2) is 28.9 Å². The highest BCUT2D eigenvalue weighted by atomic mass is 32.2. The number of sulfonamides is 1. The second-order valence-corrected chi connectivity index (χ2v) is 6.59. The molecule has 1 amide bonds. The highest BCUT2D eigenvalue weighted by Crippen LogP contribution is 2.39. The van der Waals surface area contributed by atoms with Crippen molar-refractivity contribution in [3.63, 3.8) is 0 Å².